The summed E-state index contributed by atoms with van der Waals surface area (Å²) in [6.07, 6.45) is -0.822. The van der Waals surface area contributed by atoms with Gasteiger partial charge in [-0.25, -0.2) is 4.79 Å². The number of amides is 1. The number of carboxylic acid groups (broad SMARTS) is 1. The Morgan fingerprint density at radius 3 is 2.75 bits per heavy atom. The molecule has 110 valence electrons. The number of hydrogen-bond acceptors (Lipinski definition) is 3. The number of ether oxygens (including phenoxy) is 1. The molecule has 0 spiro atoms. The highest BCUT2D eigenvalue weighted by atomic mass is 16.5. The topological polar surface area (TPSA) is 53.0 Å². The number of hydrogen-bond donors (Lipinski definition) is 1. The van der Waals surface area contributed by atoms with Crippen molar-refractivity contribution >= 4 is 6.09 Å². The van der Waals surface area contributed by atoms with Gasteiger partial charge in [-0.3, -0.25) is 4.90 Å². The van der Waals surface area contributed by atoms with Crippen LogP contribution in [0.3, 0.4) is 0 Å². The molecule has 0 radical (unpaired) electrons. The third-order valence-electron chi connectivity index (χ3n) is 3.62. The zero-order chi connectivity index (χ0) is 14.4. The number of nitrogens with zero attached hydrogens (tertiary/aromatic N) is 2. The summed E-state index contributed by atoms with van der Waals surface area (Å²) >= 11 is 0. The van der Waals surface area contributed by atoms with E-state index in [0.717, 1.165) is 19.6 Å². The van der Waals surface area contributed by atoms with E-state index in [-0.39, 0.29) is 6.04 Å². The first kappa shape index (κ1) is 14.8. The normalized spacial score (nSPS) is 20.1. The Bertz CT molecular complexity index is 424. The van der Waals surface area contributed by atoms with Gasteiger partial charge in [0.15, 0.2) is 0 Å². The van der Waals surface area contributed by atoms with Gasteiger partial charge < -0.3 is 14.7 Å². The molecule has 0 aromatic heterocycles. The summed E-state index contributed by atoms with van der Waals surface area (Å²) in [4.78, 5) is 14.7. The fourth-order valence-electron chi connectivity index (χ4n) is 2.48. The Morgan fingerprint density at radius 2 is 2.10 bits per heavy atom. The second kappa shape index (κ2) is 7.26. The minimum atomic E-state index is -0.822. The van der Waals surface area contributed by atoms with E-state index in [2.05, 4.69) is 4.90 Å². The van der Waals surface area contributed by atoms with Crippen molar-refractivity contribution in [2.24, 2.45) is 0 Å². The molecule has 2 rings (SSSR count). The van der Waals surface area contributed by atoms with Gasteiger partial charge in [-0.05, 0) is 12.5 Å². The minimum absolute atomic E-state index is 0.0513. The van der Waals surface area contributed by atoms with E-state index in [0.29, 0.717) is 19.8 Å². The van der Waals surface area contributed by atoms with Crippen molar-refractivity contribution in [3.63, 3.8) is 0 Å². The molecule has 0 saturated carbocycles. The summed E-state index contributed by atoms with van der Waals surface area (Å²) in [5.41, 5.74) is 1.18. The van der Waals surface area contributed by atoms with E-state index in [4.69, 9.17) is 9.84 Å². The largest absolute Gasteiger partial charge is 0.465 e. The highest BCUT2D eigenvalue weighted by molar-refractivity contribution is 5.65. The number of piperazine rings is 1. The Labute approximate surface area is 119 Å². The van der Waals surface area contributed by atoms with Crippen LogP contribution in [0.2, 0.25) is 0 Å². The maximum atomic E-state index is 11.0. The van der Waals surface area contributed by atoms with Crippen molar-refractivity contribution in [2.75, 3.05) is 32.8 Å². The van der Waals surface area contributed by atoms with Gasteiger partial charge in [0.05, 0.1) is 13.2 Å². The van der Waals surface area contributed by atoms with E-state index >= 15 is 0 Å². The lowest BCUT2D eigenvalue weighted by Gasteiger charge is -2.38. The quantitative estimate of drug-likeness (QED) is 0.836. The maximum Gasteiger partial charge on any atom is 0.407 e. The molecule has 1 aromatic carbocycles. The molecule has 1 atom stereocenters. The molecule has 0 aliphatic carbocycles. The maximum absolute atomic E-state index is 11.0. The van der Waals surface area contributed by atoms with Gasteiger partial charge in [0, 0.05) is 32.2 Å². The predicted molar refractivity (Wildman–Crippen MR) is 76.7 cm³/mol. The standard InChI is InChI=1S/C15H22N2O3/c1-13-11-16(7-8-17(13)15(18)19)9-10-20-12-14-5-3-2-4-6-14/h2-6,13H,7-12H2,1H3,(H,18,19)/t13-/m0/s1. The van der Waals surface area contributed by atoms with Gasteiger partial charge in [-0.15, -0.1) is 0 Å². The van der Waals surface area contributed by atoms with Crippen LogP contribution in [0.15, 0.2) is 30.3 Å². The van der Waals surface area contributed by atoms with E-state index in [1.807, 2.05) is 37.3 Å². The Balaban J connectivity index is 1.65. The van der Waals surface area contributed by atoms with Crippen LogP contribution < -0.4 is 0 Å². The fourth-order valence-corrected chi connectivity index (χ4v) is 2.48. The lowest BCUT2D eigenvalue weighted by molar-refractivity contribution is 0.0471. The first-order chi connectivity index (χ1) is 9.66. The molecule has 1 heterocycles. The van der Waals surface area contributed by atoms with Crippen LogP contribution >= 0.6 is 0 Å². The summed E-state index contributed by atoms with van der Waals surface area (Å²) in [5.74, 6) is 0. The molecule has 0 bridgehead atoms. The first-order valence-electron chi connectivity index (χ1n) is 7.00. The van der Waals surface area contributed by atoms with Gasteiger partial charge in [-0.1, -0.05) is 30.3 Å². The lowest BCUT2D eigenvalue weighted by atomic mass is 10.2. The first-order valence-corrected chi connectivity index (χ1v) is 7.00. The summed E-state index contributed by atoms with van der Waals surface area (Å²) in [6.45, 7) is 6.25. The predicted octanol–water partition coefficient (Wildman–Crippen LogP) is 1.89. The van der Waals surface area contributed by atoms with Gasteiger partial charge in [-0.2, -0.15) is 0 Å². The summed E-state index contributed by atoms with van der Waals surface area (Å²) in [7, 11) is 0. The van der Waals surface area contributed by atoms with Crippen LogP contribution in [0.4, 0.5) is 4.79 Å². The van der Waals surface area contributed by atoms with Gasteiger partial charge in [0.25, 0.3) is 0 Å². The number of carbonyl (C=O) groups is 1. The van der Waals surface area contributed by atoms with E-state index < -0.39 is 6.09 Å². The zero-order valence-corrected chi connectivity index (χ0v) is 11.9. The van der Waals surface area contributed by atoms with Crippen LogP contribution in [0, 0.1) is 0 Å². The van der Waals surface area contributed by atoms with Gasteiger partial charge >= 0.3 is 6.09 Å². The van der Waals surface area contributed by atoms with Crippen LogP contribution in [-0.4, -0.2) is 59.8 Å². The number of benzene rings is 1. The summed E-state index contributed by atoms with van der Waals surface area (Å²) < 4.78 is 5.66. The Kier molecular flexibility index (Phi) is 5.38. The van der Waals surface area contributed by atoms with Crippen molar-refractivity contribution in [2.45, 2.75) is 19.6 Å². The molecule has 20 heavy (non-hydrogen) atoms. The SMILES string of the molecule is C[C@H]1CN(CCOCc2ccccc2)CCN1C(=O)O. The average molecular weight is 278 g/mol. The van der Waals surface area contributed by atoms with Crippen LogP contribution in [0.25, 0.3) is 0 Å². The van der Waals surface area contributed by atoms with E-state index in [1.165, 1.54) is 10.5 Å². The van der Waals surface area contributed by atoms with Crippen molar-refractivity contribution in [1.82, 2.24) is 9.80 Å². The Morgan fingerprint density at radius 1 is 1.35 bits per heavy atom. The second-order valence-electron chi connectivity index (χ2n) is 5.16. The van der Waals surface area contributed by atoms with Crippen molar-refractivity contribution in [3.8, 4) is 0 Å². The molecule has 1 aliphatic rings. The third kappa shape index (κ3) is 4.21. The summed E-state index contributed by atoms with van der Waals surface area (Å²) in [6, 6.07) is 10.2. The lowest BCUT2D eigenvalue weighted by Crippen LogP contribution is -2.54. The second-order valence-corrected chi connectivity index (χ2v) is 5.16. The molecule has 1 saturated heterocycles. The van der Waals surface area contributed by atoms with Crippen molar-refractivity contribution < 1.29 is 14.6 Å². The molecule has 5 heteroatoms. The van der Waals surface area contributed by atoms with E-state index in [1.54, 1.807) is 0 Å². The van der Waals surface area contributed by atoms with Crippen molar-refractivity contribution in [1.29, 1.82) is 0 Å². The minimum Gasteiger partial charge on any atom is -0.465 e. The van der Waals surface area contributed by atoms with Crippen LogP contribution in [-0.2, 0) is 11.3 Å². The molecule has 0 unspecified atom stereocenters. The Hall–Kier alpha value is -1.59. The van der Waals surface area contributed by atoms with Crippen molar-refractivity contribution in [3.05, 3.63) is 35.9 Å². The van der Waals surface area contributed by atoms with Gasteiger partial charge in [0.1, 0.15) is 0 Å². The van der Waals surface area contributed by atoms with Crippen LogP contribution in [0.1, 0.15) is 12.5 Å². The highest BCUT2D eigenvalue weighted by Crippen LogP contribution is 2.09. The molecule has 1 amide bonds. The summed E-state index contributed by atoms with van der Waals surface area (Å²) in [5, 5.41) is 9.02. The molecule has 1 fully saturated rings. The fraction of sp³-hybridized carbons (Fsp3) is 0.533. The highest BCUT2D eigenvalue weighted by Gasteiger charge is 2.26. The molecule has 5 nitrogen and oxygen atoms in total. The molecule has 1 aromatic rings. The van der Waals surface area contributed by atoms with Crippen LogP contribution in [0.5, 0.6) is 0 Å². The molecular weight excluding hydrogens is 256 g/mol. The smallest absolute Gasteiger partial charge is 0.407 e. The van der Waals surface area contributed by atoms with E-state index in [9.17, 15) is 4.79 Å². The third-order valence-corrected chi connectivity index (χ3v) is 3.62. The monoisotopic (exact) mass is 278 g/mol. The van der Waals surface area contributed by atoms with Gasteiger partial charge in [0.2, 0.25) is 0 Å². The average Bonchev–Trinajstić information content (AvgIpc) is 2.44. The molecular formula is C15H22N2O3. The molecule has 1 N–H and O–H groups in total. The molecule has 1 aliphatic heterocycles. The number of rotatable bonds is 5. The zero-order valence-electron chi connectivity index (χ0n) is 11.9.